The first-order chi connectivity index (χ1) is 5.61. The van der Waals surface area contributed by atoms with Crippen molar-refractivity contribution in [1.29, 1.82) is 0 Å². The van der Waals surface area contributed by atoms with Crippen LogP contribution in [0.3, 0.4) is 0 Å². The van der Waals surface area contributed by atoms with Crippen LogP contribution in [0.2, 0.25) is 0 Å². The molecule has 12 heavy (non-hydrogen) atoms. The van der Waals surface area contributed by atoms with Crippen LogP contribution in [0.4, 0.5) is 0 Å². The van der Waals surface area contributed by atoms with E-state index in [0.29, 0.717) is 5.92 Å². The van der Waals surface area contributed by atoms with Crippen LogP contribution in [0.1, 0.15) is 13.8 Å². The summed E-state index contributed by atoms with van der Waals surface area (Å²) in [7, 11) is 1.55. The fraction of sp³-hybridized carbons (Fsp3) is 0.600. The van der Waals surface area contributed by atoms with Crippen LogP contribution in [0.25, 0.3) is 0 Å². The second-order valence-corrected chi connectivity index (χ2v) is 3.06. The van der Waals surface area contributed by atoms with E-state index in [1.54, 1.807) is 19.3 Å². The van der Waals surface area contributed by atoms with Gasteiger partial charge in [-0.05, 0) is 5.92 Å². The minimum absolute atomic E-state index is 0.306. The van der Waals surface area contributed by atoms with Crippen LogP contribution in [0.5, 0.6) is 0 Å². The second-order valence-electron chi connectivity index (χ2n) is 3.06. The van der Waals surface area contributed by atoms with Gasteiger partial charge in [-0.15, -0.1) is 6.58 Å². The molecule has 2 nitrogen and oxygen atoms in total. The first-order valence-electron chi connectivity index (χ1n) is 4.13. The Kier molecular flexibility index (Phi) is 5.68. The Morgan fingerprint density at radius 1 is 1.33 bits per heavy atom. The third-order valence-corrected chi connectivity index (χ3v) is 1.53. The Hall–Kier alpha value is -0.600. The van der Waals surface area contributed by atoms with Crippen molar-refractivity contribution in [1.82, 2.24) is 0 Å². The Morgan fingerprint density at radius 2 is 1.92 bits per heavy atom. The molecule has 0 bridgehead atoms. The molecule has 0 aliphatic heterocycles. The van der Waals surface area contributed by atoms with Crippen molar-refractivity contribution in [3.8, 4) is 0 Å². The van der Waals surface area contributed by atoms with Crippen LogP contribution >= 0.6 is 0 Å². The summed E-state index contributed by atoms with van der Waals surface area (Å²) >= 11 is 0. The number of rotatable bonds is 5. The van der Waals surface area contributed by atoms with Gasteiger partial charge in [-0.2, -0.15) is 0 Å². The Morgan fingerprint density at radius 3 is 2.25 bits per heavy atom. The topological polar surface area (TPSA) is 29.5 Å². The monoisotopic (exact) mass is 170 g/mol. The maximum Gasteiger partial charge on any atom is 0.104 e. The molecule has 0 unspecified atom stereocenters. The first-order valence-corrected chi connectivity index (χ1v) is 4.13. The van der Waals surface area contributed by atoms with E-state index in [9.17, 15) is 5.11 Å². The second kappa shape index (κ2) is 5.98. The SMILES string of the molecule is C=C[C@@H](OC)[C@@H](O)/C=C/C(C)C. The summed E-state index contributed by atoms with van der Waals surface area (Å²) in [5, 5.41) is 9.47. The zero-order chi connectivity index (χ0) is 9.56. The van der Waals surface area contributed by atoms with E-state index in [1.165, 1.54) is 0 Å². The van der Waals surface area contributed by atoms with Crippen LogP contribution in [0.15, 0.2) is 24.8 Å². The molecule has 0 radical (unpaired) electrons. The molecule has 0 saturated carbocycles. The van der Waals surface area contributed by atoms with Gasteiger partial charge in [-0.3, -0.25) is 0 Å². The van der Waals surface area contributed by atoms with Gasteiger partial charge in [0.25, 0.3) is 0 Å². The third-order valence-electron chi connectivity index (χ3n) is 1.53. The van der Waals surface area contributed by atoms with Crippen molar-refractivity contribution in [3.63, 3.8) is 0 Å². The summed E-state index contributed by atoms with van der Waals surface area (Å²) in [6, 6.07) is 0. The number of aliphatic hydroxyl groups is 1. The molecule has 0 fully saturated rings. The van der Waals surface area contributed by atoms with Gasteiger partial charge in [0.2, 0.25) is 0 Å². The van der Waals surface area contributed by atoms with Gasteiger partial charge in [-0.25, -0.2) is 0 Å². The first kappa shape index (κ1) is 11.4. The highest BCUT2D eigenvalue weighted by atomic mass is 16.5. The lowest BCUT2D eigenvalue weighted by Gasteiger charge is -2.14. The van der Waals surface area contributed by atoms with Crippen LogP contribution in [-0.4, -0.2) is 24.4 Å². The van der Waals surface area contributed by atoms with Gasteiger partial charge in [-0.1, -0.05) is 32.1 Å². The highest BCUT2D eigenvalue weighted by Crippen LogP contribution is 2.03. The molecule has 0 spiro atoms. The fourth-order valence-electron chi connectivity index (χ4n) is 0.821. The molecule has 0 heterocycles. The van der Waals surface area contributed by atoms with Crippen molar-refractivity contribution in [2.45, 2.75) is 26.1 Å². The van der Waals surface area contributed by atoms with E-state index in [0.717, 1.165) is 0 Å². The summed E-state index contributed by atoms with van der Waals surface area (Å²) < 4.78 is 4.97. The highest BCUT2D eigenvalue weighted by molar-refractivity contribution is 4.99. The molecule has 0 aromatic heterocycles. The van der Waals surface area contributed by atoms with Gasteiger partial charge in [0.05, 0.1) is 0 Å². The van der Waals surface area contributed by atoms with Gasteiger partial charge in [0.1, 0.15) is 12.2 Å². The number of hydrogen-bond acceptors (Lipinski definition) is 2. The molecule has 0 aromatic rings. The van der Waals surface area contributed by atoms with Crippen molar-refractivity contribution in [2.75, 3.05) is 7.11 Å². The average Bonchev–Trinajstić information content (AvgIpc) is 2.03. The van der Waals surface area contributed by atoms with Crippen molar-refractivity contribution >= 4 is 0 Å². The van der Waals surface area contributed by atoms with E-state index < -0.39 is 6.10 Å². The minimum atomic E-state index is -0.588. The largest absolute Gasteiger partial charge is 0.386 e. The van der Waals surface area contributed by atoms with Gasteiger partial charge >= 0.3 is 0 Å². The third kappa shape index (κ3) is 4.31. The van der Waals surface area contributed by atoms with Gasteiger partial charge < -0.3 is 9.84 Å². The van der Waals surface area contributed by atoms with Crippen molar-refractivity contribution < 1.29 is 9.84 Å². The Labute approximate surface area is 74.6 Å². The zero-order valence-electron chi connectivity index (χ0n) is 8.03. The molecule has 0 aromatic carbocycles. The lowest BCUT2D eigenvalue weighted by molar-refractivity contribution is 0.0429. The van der Waals surface area contributed by atoms with E-state index >= 15 is 0 Å². The summed E-state index contributed by atoms with van der Waals surface area (Å²) in [5.41, 5.74) is 0. The van der Waals surface area contributed by atoms with E-state index in [4.69, 9.17) is 4.74 Å². The average molecular weight is 170 g/mol. The van der Waals surface area contributed by atoms with Crippen LogP contribution in [-0.2, 0) is 4.74 Å². The lowest BCUT2D eigenvalue weighted by Crippen LogP contribution is -2.23. The molecule has 0 amide bonds. The number of aliphatic hydroxyl groups excluding tert-OH is 1. The van der Waals surface area contributed by atoms with Crippen LogP contribution < -0.4 is 0 Å². The fourth-order valence-corrected chi connectivity index (χ4v) is 0.821. The summed E-state index contributed by atoms with van der Waals surface area (Å²) in [6.07, 6.45) is 4.38. The molecule has 0 aliphatic rings. The van der Waals surface area contributed by atoms with Crippen molar-refractivity contribution in [2.24, 2.45) is 5.92 Å². The maximum atomic E-state index is 9.47. The molecule has 2 atom stereocenters. The van der Waals surface area contributed by atoms with E-state index in [2.05, 4.69) is 20.4 Å². The maximum absolute atomic E-state index is 9.47. The van der Waals surface area contributed by atoms with E-state index in [1.807, 2.05) is 6.08 Å². The lowest BCUT2D eigenvalue weighted by atomic mass is 10.1. The molecule has 2 heteroatoms. The summed E-state index contributed by atoms with van der Waals surface area (Å²) in [4.78, 5) is 0. The Balaban J connectivity index is 3.99. The van der Waals surface area contributed by atoms with Crippen molar-refractivity contribution in [3.05, 3.63) is 24.8 Å². The Bertz CT molecular complexity index is 150. The van der Waals surface area contributed by atoms with Crippen LogP contribution in [0, 0.1) is 5.92 Å². The molecule has 1 N–H and O–H groups in total. The molecular weight excluding hydrogens is 152 g/mol. The quantitative estimate of drug-likeness (QED) is 0.637. The standard InChI is InChI=1S/C10H18O2/c1-5-10(12-4)9(11)7-6-8(2)3/h5-11H,1H2,2-4H3/b7-6+/t9-,10+/m0/s1. The van der Waals surface area contributed by atoms with Gasteiger partial charge in [0.15, 0.2) is 0 Å². The molecular formula is C10H18O2. The highest BCUT2D eigenvalue weighted by Gasteiger charge is 2.10. The zero-order valence-corrected chi connectivity index (χ0v) is 8.03. The number of hydrogen-bond donors (Lipinski definition) is 1. The molecule has 0 rings (SSSR count). The minimum Gasteiger partial charge on any atom is -0.386 e. The van der Waals surface area contributed by atoms with Gasteiger partial charge in [0, 0.05) is 7.11 Å². The normalized spacial score (nSPS) is 16.8. The molecule has 70 valence electrons. The predicted molar refractivity (Wildman–Crippen MR) is 51.0 cm³/mol. The molecule has 0 saturated heterocycles. The van der Waals surface area contributed by atoms with E-state index in [-0.39, 0.29) is 6.10 Å². The predicted octanol–water partition coefficient (Wildman–Crippen LogP) is 1.76. The summed E-state index contributed by atoms with van der Waals surface area (Å²) in [5.74, 6) is 0.446. The number of ether oxygens (including phenoxy) is 1. The number of methoxy groups -OCH3 is 1. The summed E-state index contributed by atoms with van der Waals surface area (Å²) in [6.45, 7) is 7.67. The smallest absolute Gasteiger partial charge is 0.104 e. The molecule has 0 aliphatic carbocycles. The number of allylic oxidation sites excluding steroid dienone is 1.